The second-order valence-electron chi connectivity index (χ2n) is 3.75. The van der Waals surface area contributed by atoms with Gasteiger partial charge >= 0.3 is 0 Å². The Hall–Kier alpha value is -0.580. The minimum Gasteiger partial charge on any atom is -0.385 e. The molecule has 0 aliphatic carbocycles. The van der Waals surface area contributed by atoms with Crippen LogP contribution in [0.2, 0.25) is 0 Å². The lowest BCUT2D eigenvalue weighted by Gasteiger charge is -2.02. The van der Waals surface area contributed by atoms with Gasteiger partial charge < -0.3 is 10.1 Å². The normalized spacial score (nSPS) is 10.1. The van der Waals surface area contributed by atoms with Gasteiger partial charge in [0.1, 0.15) is 0 Å². The zero-order chi connectivity index (χ0) is 10.9. The van der Waals surface area contributed by atoms with E-state index in [0.29, 0.717) is 0 Å². The van der Waals surface area contributed by atoms with Crippen molar-refractivity contribution in [1.29, 1.82) is 0 Å². The molecule has 1 heterocycles. The van der Waals surface area contributed by atoms with E-state index in [2.05, 4.69) is 10.4 Å². The summed E-state index contributed by atoms with van der Waals surface area (Å²) in [4.78, 5) is 0. The van der Waals surface area contributed by atoms with Crippen LogP contribution in [0.5, 0.6) is 0 Å². The second kappa shape index (κ2) is 9.63. The molecule has 0 atom stereocenters. The monoisotopic (exact) mass is 247 g/mol. The third kappa shape index (κ3) is 6.82. The van der Waals surface area contributed by atoms with Gasteiger partial charge in [0.15, 0.2) is 0 Å². The number of nitrogens with zero attached hydrogens (tertiary/aromatic N) is 2. The molecular formula is C11H22ClN3O. The topological polar surface area (TPSA) is 39.1 Å². The second-order valence-corrected chi connectivity index (χ2v) is 3.75. The summed E-state index contributed by atoms with van der Waals surface area (Å²) < 4.78 is 6.82. The summed E-state index contributed by atoms with van der Waals surface area (Å²) in [5.41, 5.74) is 1.24. The Morgan fingerprint density at radius 1 is 1.38 bits per heavy atom. The number of halogens is 1. The van der Waals surface area contributed by atoms with Crippen LogP contribution in [0.4, 0.5) is 0 Å². The van der Waals surface area contributed by atoms with Crippen molar-refractivity contribution in [3.8, 4) is 0 Å². The fraction of sp³-hybridized carbons (Fsp3) is 0.727. The predicted octanol–water partition coefficient (Wildman–Crippen LogP) is 1.75. The van der Waals surface area contributed by atoms with Gasteiger partial charge in [-0.05, 0) is 25.8 Å². The minimum atomic E-state index is 0. The van der Waals surface area contributed by atoms with Gasteiger partial charge in [-0.3, -0.25) is 4.68 Å². The van der Waals surface area contributed by atoms with Gasteiger partial charge in [0.2, 0.25) is 0 Å². The maximum absolute atomic E-state index is 4.99. The molecule has 4 nitrogen and oxygen atoms in total. The molecule has 1 aromatic rings. The van der Waals surface area contributed by atoms with Gasteiger partial charge in [0.25, 0.3) is 0 Å². The van der Waals surface area contributed by atoms with Crippen molar-refractivity contribution in [3.05, 3.63) is 18.0 Å². The van der Waals surface area contributed by atoms with Crippen LogP contribution in [-0.2, 0) is 18.3 Å². The molecule has 0 amide bonds. The van der Waals surface area contributed by atoms with E-state index in [1.54, 1.807) is 7.11 Å². The average molecular weight is 248 g/mol. The molecule has 1 aromatic heterocycles. The van der Waals surface area contributed by atoms with E-state index in [0.717, 1.165) is 26.1 Å². The Kier molecular flexibility index (Phi) is 9.28. The summed E-state index contributed by atoms with van der Waals surface area (Å²) in [6, 6.07) is 0. The van der Waals surface area contributed by atoms with E-state index in [1.165, 1.54) is 18.4 Å². The molecule has 0 spiro atoms. The molecule has 0 bridgehead atoms. The van der Waals surface area contributed by atoms with Gasteiger partial charge in [-0.1, -0.05) is 0 Å². The number of rotatable bonds is 8. The molecular weight excluding hydrogens is 226 g/mol. The number of unbranched alkanes of at least 4 members (excludes halogenated alkanes) is 2. The quantitative estimate of drug-likeness (QED) is 0.712. The summed E-state index contributed by atoms with van der Waals surface area (Å²) in [6.07, 6.45) is 7.54. The van der Waals surface area contributed by atoms with E-state index in [9.17, 15) is 0 Å². The molecule has 1 rings (SSSR count). The van der Waals surface area contributed by atoms with E-state index >= 15 is 0 Å². The molecule has 0 saturated carbocycles. The van der Waals surface area contributed by atoms with Crippen molar-refractivity contribution in [3.63, 3.8) is 0 Å². The zero-order valence-electron chi connectivity index (χ0n) is 10.1. The number of aromatic nitrogens is 2. The molecule has 0 radical (unpaired) electrons. The number of hydrogen-bond acceptors (Lipinski definition) is 3. The van der Waals surface area contributed by atoms with Crippen molar-refractivity contribution in [2.75, 3.05) is 20.3 Å². The Morgan fingerprint density at radius 2 is 2.19 bits per heavy atom. The highest BCUT2D eigenvalue weighted by molar-refractivity contribution is 5.85. The van der Waals surface area contributed by atoms with Gasteiger partial charge in [0.05, 0.1) is 6.20 Å². The predicted molar refractivity (Wildman–Crippen MR) is 67.9 cm³/mol. The standard InChI is InChI=1S/C11H21N3O.ClH/c1-14-10-11(9-13-14)8-12-6-4-3-5-7-15-2;/h9-10,12H,3-8H2,1-2H3;1H. The lowest BCUT2D eigenvalue weighted by molar-refractivity contribution is 0.192. The lowest BCUT2D eigenvalue weighted by Crippen LogP contribution is -2.14. The molecule has 0 aliphatic heterocycles. The number of nitrogens with one attached hydrogen (secondary N) is 1. The molecule has 0 fully saturated rings. The molecule has 0 saturated heterocycles. The SMILES string of the molecule is COCCCCCNCc1cnn(C)c1.Cl. The first-order valence-corrected chi connectivity index (χ1v) is 5.50. The number of ether oxygens (including phenoxy) is 1. The van der Waals surface area contributed by atoms with Gasteiger partial charge in [-0.2, -0.15) is 5.10 Å². The van der Waals surface area contributed by atoms with Crippen molar-refractivity contribution < 1.29 is 4.74 Å². The number of methoxy groups -OCH3 is 1. The number of hydrogen-bond donors (Lipinski definition) is 1. The summed E-state index contributed by atoms with van der Waals surface area (Å²) in [7, 11) is 3.69. The summed E-state index contributed by atoms with van der Waals surface area (Å²) in [6.45, 7) is 2.86. The van der Waals surface area contributed by atoms with Crippen LogP contribution in [0, 0.1) is 0 Å². The van der Waals surface area contributed by atoms with Crippen molar-refractivity contribution in [2.24, 2.45) is 7.05 Å². The summed E-state index contributed by atoms with van der Waals surface area (Å²) in [5, 5.41) is 7.51. The molecule has 1 N–H and O–H groups in total. The largest absolute Gasteiger partial charge is 0.385 e. The van der Waals surface area contributed by atoms with Crippen LogP contribution in [0.1, 0.15) is 24.8 Å². The Morgan fingerprint density at radius 3 is 2.81 bits per heavy atom. The zero-order valence-corrected chi connectivity index (χ0v) is 10.9. The van der Waals surface area contributed by atoms with Crippen molar-refractivity contribution in [2.45, 2.75) is 25.8 Å². The van der Waals surface area contributed by atoms with Crippen LogP contribution in [-0.4, -0.2) is 30.0 Å². The highest BCUT2D eigenvalue weighted by atomic mass is 35.5. The average Bonchev–Trinajstić information content (AvgIpc) is 2.63. The third-order valence-electron chi connectivity index (χ3n) is 2.29. The van der Waals surface area contributed by atoms with Crippen molar-refractivity contribution in [1.82, 2.24) is 15.1 Å². The fourth-order valence-electron chi connectivity index (χ4n) is 1.47. The molecule has 16 heavy (non-hydrogen) atoms. The lowest BCUT2D eigenvalue weighted by atomic mass is 10.2. The van der Waals surface area contributed by atoms with E-state index in [-0.39, 0.29) is 12.4 Å². The smallest absolute Gasteiger partial charge is 0.0534 e. The first-order chi connectivity index (χ1) is 7.33. The van der Waals surface area contributed by atoms with Crippen LogP contribution in [0.25, 0.3) is 0 Å². The minimum absolute atomic E-state index is 0. The van der Waals surface area contributed by atoms with E-state index < -0.39 is 0 Å². The van der Waals surface area contributed by atoms with Crippen LogP contribution >= 0.6 is 12.4 Å². The van der Waals surface area contributed by atoms with Gasteiger partial charge in [-0.25, -0.2) is 0 Å². The Bertz CT molecular complexity index is 265. The molecule has 0 aliphatic rings. The maximum atomic E-state index is 4.99. The van der Waals surface area contributed by atoms with Crippen molar-refractivity contribution >= 4 is 12.4 Å². The Balaban J connectivity index is 0.00000225. The third-order valence-corrected chi connectivity index (χ3v) is 2.29. The first kappa shape index (κ1) is 15.4. The first-order valence-electron chi connectivity index (χ1n) is 5.50. The molecule has 94 valence electrons. The number of aryl methyl sites for hydroxylation is 1. The molecule has 0 unspecified atom stereocenters. The molecule has 0 aromatic carbocycles. The van der Waals surface area contributed by atoms with Crippen LogP contribution in [0.15, 0.2) is 12.4 Å². The van der Waals surface area contributed by atoms with Gasteiger partial charge in [0, 0.05) is 39.1 Å². The maximum Gasteiger partial charge on any atom is 0.0534 e. The summed E-state index contributed by atoms with van der Waals surface area (Å²) >= 11 is 0. The highest BCUT2D eigenvalue weighted by Gasteiger charge is 1.94. The molecule has 5 heteroatoms. The van der Waals surface area contributed by atoms with Crippen LogP contribution in [0.3, 0.4) is 0 Å². The Labute approximate surface area is 104 Å². The van der Waals surface area contributed by atoms with E-state index in [1.807, 2.05) is 24.1 Å². The fourth-order valence-corrected chi connectivity index (χ4v) is 1.47. The van der Waals surface area contributed by atoms with Crippen LogP contribution < -0.4 is 5.32 Å². The van der Waals surface area contributed by atoms with Gasteiger partial charge in [-0.15, -0.1) is 12.4 Å². The van der Waals surface area contributed by atoms with E-state index in [4.69, 9.17) is 4.74 Å². The highest BCUT2D eigenvalue weighted by Crippen LogP contribution is 1.97. The summed E-state index contributed by atoms with van der Waals surface area (Å²) in [5.74, 6) is 0.